The first-order chi connectivity index (χ1) is 11.8. The summed E-state index contributed by atoms with van der Waals surface area (Å²) in [6.07, 6.45) is 0.763. The third-order valence-electron chi connectivity index (χ3n) is 4.08. The molecular formula is C18H21BrN2O4. The molecule has 0 bridgehead atoms. The van der Waals surface area contributed by atoms with Crippen molar-refractivity contribution in [3.05, 3.63) is 45.2 Å². The van der Waals surface area contributed by atoms with Gasteiger partial charge in [0.05, 0.1) is 17.3 Å². The zero-order valence-corrected chi connectivity index (χ0v) is 16.3. The summed E-state index contributed by atoms with van der Waals surface area (Å²) >= 11 is 3.33. The summed E-state index contributed by atoms with van der Waals surface area (Å²) < 4.78 is 12.7. The number of hydrogen-bond acceptors (Lipinski definition) is 5. The second-order valence-corrected chi connectivity index (χ2v) is 6.56. The molecule has 0 aliphatic rings. The molecular weight excluding hydrogens is 388 g/mol. The monoisotopic (exact) mass is 408 g/mol. The van der Waals surface area contributed by atoms with Crippen molar-refractivity contribution < 1.29 is 19.1 Å². The van der Waals surface area contributed by atoms with E-state index in [2.05, 4.69) is 21.0 Å². The molecule has 1 aromatic heterocycles. The van der Waals surface area contributed by atoms with Crippen LogP contribution in [0.1, 0.15) is 33.7 Å². The number of nitrogens with zero attached hydrogens (tertiary/aromatic N) is 2. The predicted molar refractivity (Wildman–Crippen MR) is 97.0 cm³/mol. The average molecular weight is 409 g/mol. The van der Waals surface area contributed by atoms with Gasteiger partial charge in [0, 0.05) is 24.7 Å². The van der Waals surface area contributed by atoms with Crippen LogP contribution >= 0.6 is 15.9 Å². The van der Waals surface area contributed by atoms with E-state index in [9.17, 15) is 9.59 Å². The Morgan fingerprint density at radius 2 is 2.00 bits per heavy atom. The number of hydrogen-bond donors (Lipinski definition) is 0. The number of ketones is 1. The van der Waals surface area contributed by atoms with Crippen LogP contribution in [-0.4, -0.2) is 35.2 Å². The van der Waals surface area contributed by atoms with Crippen LogP contribution < -0.4 is 4.74 Å². The van der Waals surface area contributed by atoms with Crippen LogP contribution in [0.2, 0.25) is 0 Å². The Balaban J connectivity index is 1.87. The summed E-state index contributed by atoms with van der Waals surface area (Å²) in [5.41, 5.74) is 3.45. The summed E-state index contributed by atoms with van der Waals surface area (Å²) in [6, 6.07) is 4.98. The number of carbonyl (C=O) groups excluding carboxylic acids is 2. The first kappa shape index (κ1) is 19.2. The van der Waals surface area contributed by atoms with Gasteiger partial charge in [0.1, 0.15) is 5.75 Å². The molecule has 0 N–H and O–H groups in total. The lowest BCUT2D eigenvalue weighted by Crippen LogP contribution is -2.14. The van der Waals surface area contributed by atoms with Crippen LogP contribution in [0.3, 0.4) is 0 Å². The highest BCUT2D eigenvalue weighted by molar-refractivity contribution is 9.10. The van der Waals surface area contributed by atoms with Crippen molar-refractivity contribution in [1.29, 1.82) is 0 Å². The molecule has 0 saturated carbocycles. The maximum atomic E-state index is 12.1. The Morgan fingerprint density at radius 3 is 2.56 bits per heavy atom. The molecule has 0 saturated heterocycles. The first-order valence-corrected chi connectivity index (χ1v) is 8.64. The van der Waals surface area contributed by atoms with E-state index in [0.29, 0.717) is 22.2 Å². The second kappa shape index (κ2) is 8.29. The number of benzene rings is 1. The van der Waals surface area contributed by atoms with Gasteiger partial charge in [0.15, 0.2) is 12.4 Å². The topological polar surface area (TPSA) is 70.4 Å². The standard InChI is InChI=1S/C18H21BrN2O4/c1-11-14(12(2)21(3)20-11)6-8-18(23)25-10-16(22)13-5-7-17(24-4)15(19)9-13/h5,7,9H,6,8,10H2,1-4H3. The summed E-state index contributed by atoms with van der Waals surface area (Å²) in [7, 11) is 3.42. The first-order valence-electron chi connectivity index (χ1n) is 7.85. The fraction of sp³-hybridized carbons (Fsp3) is 0.389. The number of methoxy groups -OCH3 is 1. The number of aromatic nitrogens is 2. The van der Waals surface area contributed by atoms with Gasteiger partial charge < -0.3 is 9.47 Å². The molecule has 25 heavy (non-hydrogen) atoms. The number of esters is 1. The van der Waals surface area contributed by atoms with Crippen LogP contribution in [0.25, 0.3) is 0 Å². The predicted octanol–water partition coefficient (Wildman–Crippen LogP) is 3.17. The van der Waals surface area contributed by atoms with Gasteiger partial charge in [-0.25, -0.2) is 0 Å². The van der Waals surface area contributed by atoms with E-state index in [4.69, 9.17) is 9.47 Å². The lowest BCUT2D eigenvalue weighted by Gasteiger charge is -2.07. The fourth-order valence-electron chi connectivity index (χ4n) is 2.55. The van der Waals surface area contributed by atoms with E-state index in [0.717, 1.165) is 17.0 Å². The second-order valence-electron chi connectivity index (χ2n) is 5.71. The Labute approximate surface area is 155 Å². The molecule has 0 spiro atoms. The van der Waals surface area contributed by atoms with Crippen molar-refractivity contribution in [2.24, 2.45) is 7.05 Å². The average Bonchev–Trinajstić information content (AvgIpc) is 2.82. The summed E-state index contributed by atoms with van der Waals surface area (Å²) in [5.74, 6) is -0.0234. The molecule has 6 nitrogen and oxygen atoms in total. The molecule has 0 aliphatic heterocycles. The molecule has 134 valence electrons. The minimum absolute atomic E-state index is 0.215. The summed E-state index contributed by atoms with van der Waals surface area (Å²) in [4.78, 5) is 24.1. The van der Waals surface area contributed by atoms with E-state index >= 15 is 0 Å². The van der Waals surface area contributed by atoms with E-state index in [1.807, 2.05) is 20.9 Å². The highest BCUT2D eigenvalue weighted by atomic mass is 79.9. The number of rotatable bonds is 7. The van der Waals surface area contributed by atoms with Crippen molar-refractivity contribution in [3.8, 4) is 5.75 Å². The van der Waals surface area contributed by atoms with Crippen molar-refractivity contribution in [2.75, 3.05) is 13.7 Å². The van der Waals surface area contributed by atoms with Crippen LogP contribution in [0, 0.1) is 13.8 Å². The maximum absolute atomic E-state index is 12.1. The lowest BCUT2D eigenvalue weighted by atomic mass is 10.1. The van der Waals surface area contributed by atoms with E-state index in [1.165, 1.54) is 0 Å². The Bertz CT molecular complexity index is 799. The highest BCUT2D eigenvalue weighted by Gasteiger charge is 2.14. The van der Waals surface area contributed by atoms with Gasteiger partial charge in [-0.3, -0.25) is 14.3 Å². The van der Waals surface area contributed by atoms with Crippen molar-refractivity contribution >= 4 is 27.7 Å². The maximum Gasteiger partial charge on any atom is 0.306 e. The molecule has 0 fully saturated rings. The van der Waals surface area contributed by atoms with E-state index < -0.39 is 5.97 Å². The highest BCUT2D eigenvalue weighted by Crippen LogP contribution is 2.25. The molecule has 2 rings (SSSR count). The summed E-state index contributed by atoms with van der Waals surface area (Å²) in [5, 5.41) is 4.32. The van der Waals surface area contributed by atoms with Gasteiger partial charge in [-0.15, -0.1) is 0 Å². The van der Waals surface area contributed by atoms with Gasteiger partial charge in [0.2, 0.25) is 0 Å². The van der Waals surface area contributed by atoms with Gasteiger partial charge >= 0.3 is 5.97 Å². The summed E-state index contributed by atoms with van der Waals surface area (Å²) in [6.45, 7) is 3.60. The third kappa shape index (κ3) is 4.69. The number of halogens is 1. The van der Waals surface area contributed by atoms with Crippen LogP contribution in [0.4, 0.5) is 0 Å². The SMILES string of the molecule is COc1ccc(C(=O)COC(=O)CCc2c(C)nn(C)c2C)cc1Br. The molecule has 7 heteroatoms. The molecule has 0 atom stereocenters. The molecule has 1 heterocycles. The smallest absolute Gasteiger partial charge is 0.306 e. The zero-order chi connectivity index (χ0) is 18.6. The van der Waals surface area contributed by atoms with Gasteiger partial charge in [-0.1, -0.05) is 0 Å². The zero-order valence-electron chi connectivity index (χ0n) is 14.8. The quantitative estimate of drug-likeness (QED) is 0.519. The Morgan fingerprint density at radius 1 is 1.28 bits per heavy atom. The van der Waals surface area contributed by atoms with Crippen LogP contribution in [0.15, 0.2) is 22.7 Å². The molecule has 2 aromatic rings. The number of ether oxygens (including phenoxy) is 2. The fourth-order valence-corrected chi connectivity index (χ4v) is 3.09. The third-order valence-corrected chi connectivity index (χ3v) is 4.70. The van der Waals surface area contributed by atoms with Crippen molar-refractivity contribution in [1.82, 2.24) is 9.78 Å². The molecule has 0 radical (unpaired) electrons. The molecule has 1 aromatic carbocycles. The number of Topliss-reactive ketones (excluding diaryl/α,β-unsaturated/α-hetero) is 1. The molecule has 0 amide bonds. The van der Waals surface area contributed by atoms with Crippen molar-refractivity contribution in [2.45, 2.75) is 26.7 Å². The Kier molecular flexibility index (Phi) is 6.36. The van der Waals surface area contributed by atoms with Crippen LogP contribution in [-0.2, 0) is 23.0 Å². The van der Waals surface area contributed by atoms with E-state index in [-0.39, 0.29) is 18.8 Å². The largest absolute Gasteiger partial charge is 0.496 e. The van der Waals surface area contributed by atoms with Crippen molar-refractivity contribution in [3.63, 3.8) is 0 Å². The molecule has 0 aliphatic carbocycles. The van der Waals surface area contributed by atoms with Gasteiger partial charge in [-0.05, 0) is 60.0 Å². The lowest BCUT2D eigenvalue weighted by molar-refractivity contribution is -0.142. The number of carbonyl (C=O) groups is 2. The van der Waals surface area contributed by atoms with E-state index in [1.54, 1.807) is 30.0 Å². The molecule has 0 unspecified atom stereocenters. The normalized spacial score (nSPS) is 10.6. The minimum atomic E-state index is -0.399. The van der Waals surface area contributed by atoms with Gasteiger partial charge in [-0.2, -0.15) is 5.10 Å². The number of aryl methyl sites for hydroxylation is 2. The van der Waals surface area contributed by atoms with Crippen LogP contribution in [0.5, 0.6) is 5.75 Å². The Hall–Kier alpha value is -2.15. The minimum Gasteiger partial charge on any atom is -0.496 e. The van der Waals surface area contributed by atoms with Gasteiger partial charge in [0.25, 0.3) is 0 Å².